The molecule has 1 rings (SSSR count). The van der Waals surface area contributed by atoms with Gasteiger partial charge >= 0.3 is 0 Å². The van der Waals surface area contributed by atoms with E-state index in [4.69, 9.17) is 0 Å². The zero-order valence-electron chi connectivity index (χ0n) is 8.53. The van der Waals surface area contributed by atoms with E-state index in [9.17, 15) is 5.21 Å². The Kier molecular flexibility index (Phi) is 4.35. The van der Waals surface area contributed by atoms with E-state index in [0.717, 1.165) is 29.9 Å². The quantitative estimate of drug-likeness (QED) is 0.470. The molecule has 0 spiro atoms. The van der Waals surface area contributed by atoms with Crippen molar-refractivity contribution >= 4 is 15.9 Å². The lowest BCUT2D eigenvalue weighted by Gasteiger charge is -2.17. The average Bonchev–Trinajstić information content (AvgIpc) is 2.19. The van der Waals surface area contributed by atoms with Gasteiger partial charge < -0.3 is 5.21 Å². The highest BCUT2D eigenvalue weighted by Gasteiger charge is 2.06. The van der Waals surface area contributed by atoms with Gasteiger partial charge in [0.1, 0.15) is 0 Å². The van der Waals surface area contributed by atoms with Crippen LogP contribution in [0.5, 0.6) is 0 Å². The van der Waals surface area contributed by atoms with E-state index in [1.807, 2.05) is 6.07 Å². The molecule has 0 N–H and O–H groups in total. The molecule has 0 saturated heterocycles. The monoisotopic (exact) mass is 258 g/mol. The normalized spacial score (nSPS) is 10.9. The maximum atomic E-state index is 11.2. The number of halogens is 1. The third-order valence-corrected chi connectivity index (χ3v) is 2.84. The fourth-order valence-corrected chi connectivity index (χ4v) is 1.54. The Morgan fingerprint density at radius 3 is 2.50 bits per heavy atom. The molecule has 3 nitrogen and oxygen atoms in total. The molecule has 0 fully saturated rings. The summed E-state index contributed by atoms with van der Waals surface area (Å²) in [4.78, 5) is 2.27. The van der Waals surface area contributed by atoms with E-state index in [2.05, 4.69) is 34.7 Å². The third-order valence-electron chi connectivity index (χ3n) is 2.23. The highest BCUT2D eigenvalue weighted by atomic mass is 79.9. The molecule has 0 radical (unpaired) electrons. The molecule has 0 aliphatic carbocycles. The molecule has 0 aliphatic rings. The maximum Gasteiger partial charge on any atom is 0.259 e. The third kappa shape index (κ3) is 2.96. The highest BCUT2D eigenvalue weighted by molar-refractivity contribution is 9.10. The zero-order valence-corrected chi connectivity index (χ0v) is 10.1. The molecular formula is C10H15BrN2O. The van der Waals surface area contributed by atoms with Gasteiger partial charge in [-0.3, -0.25) is 4.90 Å². The molecule has 1 heterocycles. The Hall–Kier alpha value is -0.610. The molecule has 1 aromatic rings. The summed E-state index contributed by atoms with van der Waals surface area (Å²) in [6.45, 7) is 7.08. The van der Waals surface area contributed by atoms with Gasteiger partial charge in [-0.1, -0.05) is 13.8 Å². The number of hydrogen-bond donors (Lipinski definition) is 0. The van der Waals surface area contributed by atoms with Gasteiger partial charge in [0.05, 0.1) is 0 Å². The lowest BCUT2D eigenvalue weighted by Crippen LogP contribution is -2.30. The number of pyridine rings is 1. The van der Waals surface area contributed by atoms with Gasteiger partial charge in [0.25, 0.3) is 4.60 Å². The molecule has 1 aromatic heterocycles. The first kappa shape index (κ1) is 11.5. The van der Waals surface area contributed by atoms with Crippen LogP contribution in [-0.2, 0) is 6.54 Å². The van der Waals surface area contributed by atoms with Crippen molar-refractivity contribution in [2.24, 2.45) is 0 Å². The Balaban J connectivity index is 2.72. The van der Waals surface area contributed by atoms with Crippen LogP contribution in [0.1, 0.15) is 19.4 Å². The minimum absolute atomic E-state index is 0.556. The summed E-state index contributed by atoms with van der Waals surface area (Å²) in [7, 11) is 0. The SMILES string of the molecule is CCN(CC)Cc1ccc(Br)[n+]([O-])c1. The number of aromatic nitrogens is 1. The summed E-state index contributed by atoms with van der Waals surface area (Å²) in [5.74, 6) is 0. The van der Waals surface area contributed by atoms with Crippen LogP contribution in [0.3, 0.4) is 0 Å². The summed E-state index contributed by atoms with van der Waals surface area (Å²) in [6.07, 6.45) is 1.61. The van der Waals surface area contributed by atoms with Crippen molar-refractivity contribution in [1.29, 1.82) is 0 Å². The lowest BCUT2D eigenvalue weighted by molar-refractivity contribution is -0.617. The second-order valence-corrected chi connectivity index (χ2v) is 3.96. The average molecular weight is 259 g/mol. The highest BCUT2D eigenvalue weighted by Crippen LogP contribution is 2.06. The molecule has 78 valence electrons. The Morgan fingerprint density at radius 1 is 1.36 bits per heavy atom. The Morgan fingerprint density at radius 2 is 2.00 bits per heavy atom. The first-order valence-corrected chi connectivity index (χ1v) is 5.56. The van der Waals surface area contributed by atoms with Crippen LogP contribution in [0.25, 0.3) is 0 Å². The summed E-state index contributed by atoms with van der Waals surface area (Å²) < 4.78 is 1.40. The predicted molar refractivity (Wildman–Crippen MR) is 59.7 cm³/mol. The molecule has 0 amide bonds. The van der Waals surface area contributed by atoms with Crippen molar-refractivity contribution in [3.05, 3.63) is 33.7 Å². The van der Waals surface area contributed by atoms with Crippen LogP contribution in [0.15, 0.2) is 22.9 Å². The molecule has 0 aliphatic heterocycles. The van der Waals surface area contributed by atoms with E-state index in [0.29, 0.717) is 4.60 Å². The van der Waals surface area contributed by atoms with Gasteiger partial charge in [-0.05, 0) is 19.2 Å². The first-order chi connectivity index (χ1) is 6.67. The fraction of sp³-hybridized carbons (Fsp3) is 0.500. The van der Waals surface area contributed by atoms with Gasteiger partial charge in [-0.15, -0.1) is 0 Å². The second kappa shape index (κ2) is 5.32. The van der Waals surface area contributed by atoms with Crippen LogP contribution in [-0.4, -0.2) is 18.0 Å². The van der Waals surface area contributed by atoms with Crippen molar-refractivity contribution in [1.82, 2.24) is 4.90 Å². The van der Waals surface area contributed by atoms with Crippen molar-refractivity contribution in [3.8, 4) is 0 Å². The van der Waals surface area contributed by atoms with Gasteiger partial charge in [0.2, 0.25) is 0 Å². The minimum atomic E-state index is 0.556. The van der Waals surface area contributed by atoms with Gasteiger partial charge in [-0.25, -0.2) is 0 Å². The number of rotatable bonds is 4. The minimum Gasteiger partial charge on any atom is -0.618 e. The summed E-state index contributed by atoms with van der Waals surface area (Å²) >= 11 is 3.17. The molecule has 0 aromatic carbocycles. The second-order valence-electron chi connectivity index (χ2n) is 3.15. The molecule has 4 heteroatoms. The number of hydrogen-bond acceptors (Lipinski definition) is 2. The standard InChI is InChI=1S/C10H15BrN2O/c1-3-12(4-2)7-9-5-6-10(11)13(14)8-9/h5-6,8H,3-4,7H2,1-2H3. The zero-order chi connectivity index (χ0) is 10.6. The van der Waals surface area contributed by atoms with Gasteiger partial charge in [-0.2, -0.15) is 4.73 Å². The Bertz CT molecular complexity index is 300. The molecule has 0 bridgehead atoms. The van der Waals surface area contributed by atoms with Crippen molar-refractivity contribution in [2.75, 3.05) is 13.1 Å². The van der Waals surface area contributed by atoms with E-state index < -0.39 is 0 Å². The topological polar surface area (TPSA) is 30.2 Å². The van der Waals surface area contributed by atoms with E-state index >= 15 is 0 Å². The number of nitrogens with zero attached hydrogens (tertiary/aromatic N) is 2. The maximum absolute atomic E-state index is 11.2. The molecular weight excluding hydrogens is 244 g/mol. The van der Waals surface area contributed by atoms with Crippen molar-refractivity contribution < 1.29 is 4.73 Å². The van der Waals surface area contributed by atoms with Crippen LogP contribution >= 0.6 is 15.9 Å². The van der Waals surface area contributed by atoms with Crippen LogP contribution in [0, 0.1) is 5.21 Å². The molecule has 14 heavy (non-hydrogen) atoms. The molecule has 0 unspecified atom stereocenters. The lowest BCUT2D eigenvalue weighted by atomic mass is 10.2. The Labute approximate surface area is 93.1 Å². The van der Waals surface area contributed by atoms with Crippen LogP contribution < -0.4 is 4.73 Å². The van der Waals surface area contributed by atoms with Crippen molar-refractivity contribution in [3.63, 3.8) is 0 Å². The van der Waals surface area contributed by atoms with E-state index in [-0.39, 0.29) is 0 Å². The molecule has 0 atom stereocenters. The van der Waals surface area contributed by atoms with Gasteiger partial charge in [0.15, 0.2) is 6.20 Å². The summed E-state index contributed by atoms with van der Waals surface area (Å²) in [5, 5.41) is 11.2. The van der Waals surface area contributed by atoms with E-state index in [1.54, 1.807) is 12.3 Å². The smallest absolute Gasteiger partial charge is 0.259 e. The molecule has 0 saturated carbocycles. The summed E-state index contributed by atoms with van der Waals surface area (Å²) in [6, 6.07) is 3.75. The summed E-state index contributed by atoms with van der Waals surface area (Å²) in [5.41, 5.74) is 1.05. The largest absolute Gasteiger partial charge is 0.618 e. The van der Waals surface area contributed by atoms with Crippen LogP contribution in [0.2, 0.25) is 0 Å². The van der Waals surface area contributed by atoms with Gasteiger partial charge in [0, 0.05) is 34.1 Å². The predicted octanol–water partition coefficient (Wildman–Crippen LogP) is 1.92. The van der Waals surface area contributed by atoms with Crippen molar-refractivity contribution in [2.45, 2.75) is 20.4 Å². The fourth-order valence-electron chi connectivity index (χ4n) is 1.30. The van der Waals surface area contributed by atoms with E-state index in [1.165, 1.54) is 0 Å². The first-order valence-electron chi connectivity index (χ1n) is 4.77. The van der Waals surface area contributed by atoms with Crippen LogP contribution in [0.4, 0.5) is 0 Å².